The summed E-state index contributed by atoms with van der Waals surface area (Å²) in [5.41, 5.74) is 0.630. The van der Waals surface area contributed by atoms with E-state index < -0.39 is 0 Å². The fraction of sp³-hybridized carbons (Fsp3) is 0.250. The van der Waals surface area contributed by atoms with Crippen molar-refractivity contribution in [3.63, 3.8) is 0 Å². The minimum Gasteiger partial charge on any atom is -0.508 e. The van der Waals surface area contributed by atoms with Crippen molar-refractivity contribution >= 4 is 0 Å². The molecule has 0 aromatic heterocycles. The third-order valence-corrected chi connectivity index (χ3v) is 2.64. The molecule has 108 valence electrons. The molecule has 0 radical (unpaired) electrons. The summed E-state index contributed by atoms with van der Waals surface area (Å²) in [7, 11) is 0. The zero-order valence-electron chi connectivity index (χ0n) is 11.8. The molecule has 0 heterocycles. The average Bonchev–Trinajstić information content (AvgIpc) is 2.35. The van der Waals surface area contributed by atoms with Gasteiger partial charge in [-0.3, -0.25) is 0 Å². The molecule has 0 atom stereocenters. The molecular weight excluding hydrogens is 256 g/mol. The number of phenolic OH excluding ortho intramolecular Hbond substituents is 4. The lowest BCUT2D eigenvalue weighted by atomic mass is 9.86. The second kappa shape index (κ2) is 6.19. The summed E-state index contributed by atoms with van der Waals surface area (Å²) in [4.78, 5) is 0. The Morgan fingerprint density at radius 1 is 0.650 bits per heavy atom. The van der Waals surface area contributed by atoms with Gasteiger partial charge in [0.05, 0.1) is 0 Å². The van der Waals surface area contributed by atoms with E-state index in [0.717, 1.165) is 5.56 Å². The monoisotopic (exact) mass is 276 g/mol. The Hall–Kier alpha value is -2.36. The maximum Gasteiger partial charge on any atom is 0.119 e. The van der Waals surface area contributed by atoms with Gasteiger partial charge in [0.1, 0.15) is 23.0 Å². The molecule has 0 aliphatic rings. The van der Waals surface area contributed by atoms with Crippen LogP contribution in [-0.2, 0) is 5.41 Å². The van der Waals surface area contributed by atoms with E-state index in [-0.39, 0.29) is 28.4 Å². The molecule has 20 heavy (non-hydrogen) atoms. The summed E-state index contributed by atoms with van der Waals surface area (Å²) < 4.78 is 0. The molecule has 4 heteroatoms. The molecule has 0 bridgehead atoms. The number of phenols is 4. The fourth-order valence-electron chi connectivity index (χ4n) is 1.58. The predicted molar refractivity (Wildman–Crippen MR) is 78.2 cm³/mol. The molecule has 0 amide bonds. The van der Waals surface area contributed by atoms with Crippen LogP contribution in [0.15, 0.2) is 42.5 Å². The van der Waals surface area contributed by atoms with E-state index in [2.05, 4.69) is 0 Å². The van der Waals surface area contributed by atoms with Crippen molar-refractivity contribution in [3.05, 3.63) is 48.0 Å². The highest BCUT2D eigenvalue weighted by Crippen LogP contribution is 2.32. The molecule has 2 rings (SSSR count). The van der Waals surface area contributed by atoms with Gasteiger partial charge in [-0.1, -0.05) is 20.8 Å². The van der Waals surface area contributed by atoms with Crippen LogP contribution >= 0.6 is 0 Å². The third kappa shape index (κ3) is 4.72. The topological polar surface area (TPSA) is 80.9 Å². The third-order valence-electron chi connectivity index (χ3n) is 2.64. The second-order valence-electron chi connectivity index (χ2n) is 5.47. The minimum atomic E-state index is -0.136. The Morgan fingerprint density at radius 2 is 1.05 bits per heavy atom. The van der Waals surface area contributed by atoms with Gasteiger partial charge in [0, 0.05) is 5.56 Å². The Labute approximate surface area is 118 Å². The molecule has 0 spiro atoms. The van der Waals surface area contributed by atoms with Crippen LogP contribution in [0, 0.1) is 0 Å². The lowest BCUT2D eigenvalue weighted by Crippen LogP contribution is -2.10. The molecule has 2 aromatic carbocycles. The quantitative estimate of drug-likeness (QED) is 0.555. The number of hydrogen-bond acceptors (Lipinski definition) is 4. The highest BCUT2D eigenvalue weighted by atomic mass is 16.3. The number of aromatic hydroxyl groups is 4. The summed E-state index contributed by atoms with van der Waals surface area (Å²) in [6.07, 6.45) is 0. The van der Waals surface area contributed by atoms with Crippen molar-refractivity contribution < 1.29 is 20.4 Å². The van der Waals surface area contributed by atoms with E-state index >= 15 is 0 Å². The maximum atomic E-state index is 9.46. The highest BCUT2D eigenvalue weighted by Gasteiger charge is 2.17. The minimum absolute atomic E-state index is 0.136. The van der Waals surface area contributed by atoms with E-state index in [1.165, 1.54) is 36.4 Å². The Bertz CT molecular complexity index is 533. The van der Waals surface area contributed by atoms with Gasteiger partial charge in [-0.15, -0.1) is 0 Å². The van der Waals surface area contributed by atoms with Crippen LogP contribution in [0.4, 0.5) is 0 Å². The molecule has 0 fully saturated rings. The van der Waals surface area contributed by atoms with E-state index in [0.29, 0.717) is 0 Å². The Kier molecular flexibility index (Phi) is 4.86. The van der Waals surface area contributed by atoms with Gasteiger partial charge >= 0.3 is 0 Å². The lowest BCUT2D eigenvalue weighted by molar-refractivity contribution is 0.435. The van der Waals surface area contributed by atoms with E-state index in [4.69, 9.17) is 10.2 Å². The summed E-state index contributed by atoms with van der Waals surface area (Å²) >= 11 is 0. The first-order chi connectivity index (χ1) is 9.20. The molecule has 0 aliphatic heterocycles. The molecule has 2 aromatic rings. The average molecular weight is 276 g/mol. The predicted octanol–water partition coefficient (Wildman–Crippen LogP) is 3.49. The fourth-order valence-corrected chi connectivity index (χ4v) is 1.58. The Morgan fingerprint density at radius 3 is 1.40 bits per heavy atom. The molecule has 4 nitrogen and oxygen atoms in total. The van der Waals surface area contributed by atoms with Gasteiger partial charge in [-0.05, 0) is 47.9 Å². The molecule has 0 aliphatic carbocycles. The molecule has 0 saturated carbocycles. The first kappa shape index (κ1) is 15.7. The van der Waals surface area contributed by atoms with Crippen LogP contribution in [0.1, 0.15) is 26.3 Å². The number of rotatable bonds is 0. The normalized spacial score (nSPS) is 10.6. The summed E-state index contributed by atoms with van der Waals surface area (Å²) in [5.74, 6) is 0.767. The zero-order valence-corrected chi connectivity index (χ0v) is 11.8. The summed E-state index contributed by atoms with van der Waals surface area (Å²) in [6, 6.07) is 10.3. The smallest absolute Gasteiger partial charge is 0.119 e. The second-order valence-corrected chi connectivity index (χ2v) is 5.47. The van der Waals surface area contributed by atoms with Crippen molar-refractivity contribution in [2.75, 3.05) is 0 Å². The van der Waals surface area contributed by atoms with Crippen LogP contribution in [0.2, 0.25) is 0 Å². The van der Waals surface area contributed by atoms with Gasteiger partial charge in [-0.25, -0.2) is 0 Å². The number of benzene rings is 2. The van der Waals surface area contributed by atoms with Crippen LogP contribution < -0.4 is 0 Å². The maximum absolute atomic E-state index is 9.46. The summed E-state index contributed by atoms with van der Waals surface area (Å²) in [5, 5.41) is 35.9. The molecular formula is C16H20O4. The zero-order chi connectivity index (χ0) is 15.3. The molecule has 0 saturated heterocycles. The SMILES string of the molecule is CC(C)(C)c1cc(O)ccc1O.Oc1ccc(O)cc1. The first-order valence-electron chi connectivity index (χ1n) is 6.20. The van der Waals surface area contributed by atoms with Gasteiger partial charge < -0.3 is 20.4 Å². The van der Waals surface area contributed by atoms with Crippen molar-refractivity contribution in [2.45, 2.75) is 26.2 Å². The number of hydrogen-bond donors (Lipinski definition) is 4. The van der Waals surface area contributed by atoms with Crippen molar-refractivity contribution in [2.24, 2.45) is 0 Å². The van der Waals surface area contributed by atoms with Crippen LogP contribution in [-0.4, -0.2) is 20.4 Å². The van der Waals surface area contributed by atoms with E-state index in [1.807, 2.05) is 20.8 Å². The molecule has 4 N–H and O–H groups in total. The van der Waals surface area contributed by atoms with Crippen molar-refractivity contribution in [1.82, 2.24) is 0 Å². The molecule has 0 unspecified atom stereocenters. The lowest BCUT2D eigenvalue weighted by Gasteiger charge is -2.20. The van der Waals surface area contributed by atoms with Crippen molar-refractivity contribution in [1.29, 1.82) is 0 Å². The van der Waals surface area contributed by atoms with E-state index in [9.17, 15) is 10.2 Å². The van der Waals surface area contributed by atoms with Gasteiger partial charge in [0.25, 0.3) is 0 Å². The highest BCUT2D eigenvalue weighted by molar-refractivity contribution is 5.42. The van der Waals surface area contributed by atoms with Gasteiger partial charge in [0.2, 0.25) is 0 Å². The summed E-state index contributed by atoms with van der Waals surface area (Å²) in [6.45, 7) is 5.96. The van der Waals surface area contributed by atoms with Crippen LogP contribution in [0.5, 0.6) is 23.0 Å². The standard InChI is InChI=1S/C10H14O2.C6H6O2/c1-10(2,3)8-6-7(11)4-5-9(8)12;7-5-1-2-6(8)4-3-5/h4-6,11-12H,1-3H3;1-4,7-8H. The first-order valence-corrected chi connectivity index (χ1v) is 6.20. The van der Waals surface area contributed by atoms with Crippen molar-refractivity contribution in [3.8, 4) is 23.0 Å². The van der Waals surface area contributed by atoms with Gasteiger partial charge in [-0.2, -0.15) is 0 Å². The van der Waals surface area contributed by atoms with Gasteiger partial charge in [0.15, 0.2) is 0 Å². The Balaban J connectivity index is 0.000000217. The largest absolute Gasteiger partial charge is 0.508 e. The van der Waals surface area contributed by atoms with E-state index in [1.54, 1.807) is 6.07 Å². The van der Waals surface area contributed by atoms with Crippen LogP contribution in [0.25, 0.3) is 0 Å². The van der Waals surface area contributed by atoms with Crippen LogP contribution in [0.3, 0.4) is 0 Å².